The van der Waals surface area contributed by atoms with Crippen LogP contribution in [0.1, 0.15) is 17.3 Å². The van der Waals surface area contributed by atoms with Crippen LogP contribution in [0.5, 0.6) is 0 Å². The molecule has 3 rings (SSSR count). The first kappa shape index (κ1) is 14.3. The van der Waals surface area contributed by atoms with Crippen molar-refractivity contribution in [2.24, 2.45) is 0 Å². The number of carbonyl (C=O) groups excluding carboxylic acids is 1. The summed E-state index contributed by atoms with van der Waals surface area (Å²) in [5, 5.41) is 8.73. The number of carbonyl (C=O) groups is 1. The van der Waals surface area contributed by atoms with Crippen LogP contribution in [-0.4, -0.2) is 25.6 Å². The molecule has 2 heterocycles. The lowest BCUT2D eigenvalue weighted by Crippen LogP contribution is -2.13. The fourth-order valence-corrected chi connectivity index (χ4v) is 3.14. The molecule has 0 radical (unpaired) electrons. The third-order valence-electron chi connectivity index (χ3n) is 3.06. The minimum Gasteiger partial charge on any atom is -0.293 e. The summed E-state index contributed by atoms with van der Waals surface area (Å²) in [6.07, 6.45) is 1.90. The Labute approximate surface area is 134 Å². The second kappa shape index (κ2) is 5.99. The Hall–Kier alpha value is -1.66. The maximum atomic E-state index is 12.4. The molecule has 0 fully saturated rings. The summed E-state index contributed by atoms with van der Waals surface area (Å²) in [5.74, 6) is 0.0835. The molecule has 2 aromatic heterocycles. The number of benzene rings is 1. The molecule has 0 aliphatic carbocycles. The number of pyridine rings is 1. The SMILES string of the molecule is C[C@@H](Sc1nnc2ccccn12)C(=O)c1ccc(Br)cc1. The van der Waals surface area contributed by atoms with Crippen LogP contribution in [-0.2, 0) is 0 Å². The monoisotopic (exact) mass is 361 g/mol. The number of Topliss-reactive ketones (excluding diaryl/α,β-unsaturated/α-hetero) is 1. The van der Waals surface area contributed by atoms with E-state index in [1.165, 1.54) is 11.8 Å². The van der Waals surface area contributed by atoms with Crippen LogP contribution < -0.4 is 0 Å². The number of nitrogens with zero attached hydrogens (tertiary/aromatic N) is 3. The Morgan fingerprint density at radius 3 is 2.71 bits per heavy atom. The zero-order valence-corrected chi connectivity index (χ0v) is 13.6. The van der Waals surface area contributed by atoms with Gasteiger partial charge in [-0.3, -0.25) is 9.20 Å². The van der Waals surface area contributed by atoms with Gasteiger partial charge in [0.15, 0.2) is 16.6 Å². The molecule has 0 N–H and O–H groups in total. The lowest BCUT2D eigenvalue weighted by Gasteiger charge is -2.09. The van der Waals surface area contributed by atoms with Gasteiger partial charge >= 0.3 is 0 Å². The van der Waals surface area contributed by atoms with Gasteiger partial charge in [0.05, 0.1) is 5.25 Å². The summed E-state index contributed by atoms with van der Waals surface area (Å²) >= 11 is 4.78. The number of aromatic nitrogens is 3. The molecule has 0 spiro atoms. The summed E-state index contributed by atoms with van der Waals surface area (Å²) in [6.45, 7) is 1.89. The molecule has 0 saturated carbocycles. The quantitative estimate of drug-likeness (QED) is 0.522. The van der Waals surface area contributed by atoms with Crippen LogP contribution in [0.3, 0.4) is 0 Å². The Bertz CT molecular complexity index is 785. The third kappa shape index (κ3) is 3.01. The summed E-state index contributed by atoms with van der Waals surface area (Å²) < 4.78 is 2.85. The third-order valence-corrected chi connectivity index (χ3v) is 4.65. The largest absolute Gasteiger partial charge is 0.293 e. The Morgan fingerprint density at radius 1 is 1.19 bits per heavy atom. The molecule has 0 aliphatic rings. The number of hydrogen-bond donors (Lipinski definition) is 0. The molecule has 3 aromatic rings. The van der Waals surface area contributed by atoms with Crippen molar-refractivity contribution >= 4 is 39.1 Å². The van der Waals surface area contributed by atoms with E-state index in [4.69, 9.17) is 0 Å². The summed E-state index contributed by atoms with van der Waals surface area (Å²) in [7, 11) is 0. The number of thioether (sulfide) groups is 1. The molecule has 6 heteroatoms. The topological polar surface area (TPSA) is 47.3 Å². The maximum Gasteiger partial charge on any atom is 0.196 e. The molecular formula is C15H12BrN3OS. The lowest BCUT2D eigenvalue weighted by molar-refractivity contribution is 0.0994. The number of fused-ring (bicyclic) bond motifs is 1. The molecule has 0 amide bonds. The van der Waals surface area contributed by atoms with Gasteiger partial charge in [-0.15, -0.1) is 10.2 Å². The molecular weight excluding hydrogens is 350 g/mol. The van der Waals surface area contributed by atoms with Crippen molar-refractivity contribution in [1.82, 2.24) is 14.6 Å². The van der Waals surface area contributed by atoms with Gasteiger partial charge in [0.1, 0.15) is 0 Å². The van der Waals surface area contributed by atoms with E-state index in [1.807, 2.05) is 60.0 Å². The smallest absolute Gasteiger partial charge is 0.196 e. The fourth-order valence-electron chi connectivity index (χ4n) is 1.96. The van der Waals surface area contributed by atoms with E-state index in [-0.39, 0.29) is 11.0 Å². The van der Waals surface area contributed by atoms with Crippen LogP contribution in [0.25, 0.3) is 5.65 Å². The predicted molar refractivity (Wildman–Crippen MR) is 86.8 cm³/mol. The normalized spacial score (nSPS) is 12.5. The molecule has 0 aliphatic heterocycles. The van der Waals surface area contributed by atoms with Crippen molar-refractivity contribution in [3.63, 3.8) is 0 Å². The van der Waals surface area contributed by atoms with Crippen molar-refractivity contribution < 1.29 is 4.79 Å². The first-order valence-electron chi connectivity index (χ1n) is 6.41. The number of hydrogen-bond acceptors (Lipinski definition) is 4. The summed E-state index contributed by atoms with van der Waals surface area (Å²) in [5.41, 5.74) is 1.48. The first-order chi connectivity index (χ1) is 10.1. The summed E-state index contributed by atoms with van der Waals surface area (Å²) in [4.78, 5) is 12.4. The average molecular weight is 362 g/mol. The highest BCUT2D eigenvalue weighted by Crippen LogP contribution is 2.25. The Balaban J connectivity index is 1.81. The summed E-state index contributed by atoms with van der Waals surface area (Å²) in [6, 6.07) is 13.1. The number of rotatable bonds is 4. The minimum atomic E-state index is -0.223. The molecule has 0 saturated heterocycles. The molecule has 1 aromatic carbocycles. The minimum absolute atomic E-state index is 0.0835. The van der Waals surface area contributed by atoms with Gasteiger partial charge < -0.3 is 0 Å². The van der Waals surface area contributed by atoms with E-state index in [2.05, 4.69) is 26.1 Å². The van der Waals surface area contributed by atoms with Crippen LogP contribution in [0, 0.1) is 0 Å². The van der Waals surface area contributed by atoms with Crippen molar-refractivity contribution in [1.29, 1.82) is 0 Å². The molecule has 106 valence electrons. The second-order valence-electron chi connectivity index (χ2n) is 4.54. The zero-order valence-electron chi connectivity index (χ0n) is 11.2. The standard InChI is InChI=1S/C15H12BrN3OS/c1-10(14(20)11-5-7-12(16)8-6-11)21-15-18-17-13-4-2-3-9-19(13)15/h2-10H,1H3/t10-/m1/s1. The van der Waals surface area contributed by atoms with E-state index in [0.29, 0.717) is 5.56 Å². The van der Waals surface area contributed by atoms with E-state index in [0.717, 1.165) is 15.3 Å². The van der Waals surface area contributed by atoms with Gasteiger partial charge in [-0.2, -0.15) is 0 Å². The van der Waals surface area contributed by atoms with Gasteiger partial charge in [-0.05, 0) is 31.2 Å². The van der Waals surface area contributed by atoms with E-state index in [1.54, 1.807) is 0 Å². The van der Waals surface area contributed by atoms with Crippen LogP contribution in [0.4, 0.5) is 0 Å². The van der Waals surface area contributed by atoms with Gasteiger partial charge in [0.25, 0.3) is 0 Å². The predicted octanol–water partition coefficient (Wildman–Crippen LogP) is 3.86. The Kier molecular flexibility index (Phi) is 4.07. The van der Waals surface area contributed by atoms with Crippen molar-refractivity contribution in [3.8, 4) is 0 Å². The van der Waals surface area contributed by atoms with E-state index < -0.39 is 0 Å². The molecule has 0 unspecified atom stereocenters. The van der Waals surface area contributed by atoms with Crippen molar-refractivity contribution in [2.45, 2.75) is 17.3 Å². The van der Waals surface area contributed by atoms with Crippen molar-refractivity contribution in [3.05, 3.63) is 58.7 Å². The molecule has 21 heavy (non-hydrogen) atoms. The lowest BCUT2D eigenvalue weighted by atomic mass is 10.1. The average Bonchev–Trinajstić information content (AvgIpc) is 2.91. The Morgan fingerprint density at radius 2 is 1.95 bits per heavy atom. The number of halogens is 1. The van der Waals surface area contributed by atoms with Crippen LogP contribution in [0.2, 0.25) is 0 Å². The van der Waals surface area contributed by atoms with Gasteiger partial charge in [-0.1, -0.05) is 45.9 Å². The number of ketones is 1. The zero-order chi connectivity index (χ0) is 14.8. The highest BCUT2D eigenvalue weighted by Gasteiger charge is 2.19. The van der Waals surface area contributed by atoms with Crippen molar-refractivity contribution in [2.75, 3.05) is 0 Å². The van der Waals surface area contributed by atoms with Crippen LogP contribution in [0.15, 0.2) is 58.3 Å². The van der Waals surface area contributed by atoms with Crippen LogP contribution >= 0.6 is 27.7 Å². The fraction of sp³-hybridized carbons (Fsp3) is 0.133. The highest BCUT2D eigenvalue weighted by atomic mass is 79.9. The molecule has 1 atom stereocenters. The van der Waals surface area contributed by atoms with E-state index >= 15 is 0 Å². The maximum absolute atomic E-state index is 12.4. The van der Waals surface area contributed by atoms with Gasteiger partial charge in [0, 0.05) is 16.2 Å². The molecule has 0 bridgehead atoms. The molecule has 4 nitrogen and oxygen atoms in total. The van der Waals surface area contributed by atoms with Gasteiger partial charge in [-0.25, -0.2) is 0 Å². The second-order valence-corrected chi connectivity index (χ2v) is 6.77. The first-order valence-corrected chi connectivity index (χ1v) is 8.08. The highest BCUT2D eigenvalue weighted by molar-refractivity contribution is 9.10. The van der Waals surface area contributed by atoms with Gasteiger partial charge in [0.2, 0.25) is 0 Å². The van der Waals surface area contributed by atoms with E-state index in [9.17, 15) is 4.79 Å².